The Morgan fingerprint density at radius 1 is 1.18 bits per heavy atom. The smallest absolute Gasteiger partial charge is 0.407 e. The number of ether oxygens (including phenoxy) is 2. The average molecular weight is 535 g/mol. The normalized spacial score (nSPS) is 25.7. The Morgan fingerprint density at radius 2 is 1.88 bits per heavy atom. The number of nitrogens with zero attached hydrogens (tertiary/aromatic N) is 3. The maximum absolute atomic E-state index is 13.5. The van der Waals surface area contributed by atoms with E-state index in [-0.39, 0.29) is 36.0 Å². The highest BCUT2D eigenvalue weighted by Crippen LogP contribution is 2.39. The van der Waals surface area contributed by atoms with Gasteiger partial charge in [-0.05, 0) is 92.5 Å². The molecule has 4 atom stereocenters. The summed E-state index contributed by atoms with van der Waals surface area (Å²) in [5, 5.41) is 3.03. The number of aromatic nitrogens is 2. The summed E-state index contributed by atoms with van der Waals surface area (Å²) in [4.78, 5) is 23.3. The summed E-state index contributed by atoms with van der Waals surface area (Å²) in [5.41, 5.74) is 0.574. The van der Waals surface area contributed by atoms with Gasteiger partial charge in [-0.25, -0.2) is 19.2 Å². The van der Waals surface area contributed by atoms with Crippen molar-refractivity contribution in [1.29, 1.82) is 0 Å². The topological polar surface area (TPSA) is 76.6 Å². The molecular formula is C25H32BrFN4O3. The highest BCUT2D eigenvalue weighted by atomic mass is 79.9. The molecule has 4 rings (SSSR count). The van der Waals surface area contributed by atoms with Crippen LogP contribution in [0.3, 0.4) is 0 Å². The molecule has 34 heavy (non-hydrogen) atoms. The molecule has 9 heteroatoms. The maximum atomic E-state index is 13.5. The summed E-state index contributed by atoms with van der Waals surface area (Å²) in [6.45, 7) is 7.23. The number of alkyl carbamates (subject to hydrolysis) is 1. The van der Waals surface area contributed by atoms with Crippen LogP contribution in [0, 0.1) is 5.82 Å². The Labute approximate surface area is 208 Å². The quantitative estimate of drug-likeness (QED) is 0.577. The summed E-state index contributed by atoms with van der Waals surface area (Å²) >= 11 is 3.36. The third kappa shape index (κ3) is 6.66. The third-order valence-corrected chi connectivity index (χ3v) is 6.72. The van der Waals surface area contributed by atoms with Gasteiger partial charge in [-0.2, -0.15) is 0 Å². The minimum absolute atomic E-state index is 0.0121. The molecule has 1 aliphatic carbocycles. The third-order valence-electron chi connectivity index (χ3n) is 6.31. The van der Waals surface area contributed by atoms with Crippen molar-refractivity contribution in [3.63, 3.8) is 0 Å². The predicted octanol–water partition coefficient (Wildman–Crippen LogP) is 5.06. The Morgan fingerprint density at radius 3 is 2.56 bits per heavy atom. The summed E-state index contributed by atoms with van der Waals surface area (Å²) in [6.07, 6.45) is 6.40. The van der Waals surface area contributed by atoms with Crippen LogP contribution in [0.15, 0.2) is 41.1 Å². The zero-order valence-corrected chi connectivity index (χ0v) is 21.4. The van der Waals surface area contributed by atoms with Gasteiger partial charge in [0.1, 0.15) is 17.5 Å². The van der Waals surface area contributed by atoms with Crippen LogP contribution in [0.1, 0.15) is 57.9 Å². The van der Waals surface area contributed by atoms with E-state index in [9.17, 15) is 9.18 Å². The van der Waals surface area contributed by atoms with Gasteiger partial charge < -0.3 is 14.8 Å². The van der Waals surface area contributed by atoms with Gasteiger partial charge in [0.05, 0.1) is 4.47 Å². The Balaban J connectivity index is 1.48. The number of amides is 1. The van der Waals surface area contributed by atoms with Crippen molar-refractivity contribution in [1.82, 2.24) is 20.2 Å². The van der Waals surface area contributed by atoms with Crippen LogP contribution in [0.2, 0.25) is 0 Å². The zero-order valence-electron chi connectivity index (χ0n) is 19.8. The molecule has 1 aromatic heterocycles. The first-order chi connectivity index (χ1) is 16.2. The van der Waals surface area contributed by atoms with Crippen LogP contribution >= 0.6 is 15.9 Å². The van der Waals surface area contributed by atoms with Gasteiger partial charge >= 0.3 is 12.1 Å². The van der Waals surface area contributed by atoms with Crippen molar-refractivity contribution in [3.05, 3.63) is 52.5 Å². The molecule has 2 aliphatic rings. The highest BCUT2D eigenvalue weighted by molar-refractivity contribution is 9.10. The van der Waals surface area contributed by atoms with Gasteiger partial charge in [-0.15, -0.1) is 0 Å². The first-order valence-corrected chi connectivity index (χ1v) is 12.6. The van der Waals surface area contributed by atoms with Gasteiger partial charge in [0, 0.05) is 31.0 Å². The van der Waals surface area contributed by atoms with Crippen molar-refractivity contribution >= 4 is 22.0 Å². The van der Waals surface area contributed by atoms with E-state index in [1.54, 1.807) is 12.4 Å². The number of hydrogen-bond acceptors (Lipinski definition) is 6. The number of hydrogen-bond donors (Lipinski definition) is 1. The molecule has 0 bridgehead atoms. The van der Waals surface area contributed by atoms with Gasteiger partial charge in [0.15, 0.2) is 0 Å². The van der Waals surface area contributed by atoms with E-state index in [0.29, 0.717) is 6.01 Å². The lowest BCUT2D eigenvalue weighted by Crippen LogP contribution is -2.54. The van der Waals surface area contributed by atoms with E-state index in [0.717, 1.165) is 48.8 Å². The summed E-state index contributed by atoms with van der Waals surface area (Å²) in [5.74, 6) is 0.00619. The number of carbonyl (C=O) groups excluding carboxylic acids is 1. The fourth-order valence-corrected chi connectivity index (χ4v) is 5.10. The fourth-order valence-electron chi connectivity index (χ4n) is 4.89. The van der Waals surface area contributed by atoms with Crippen LogP contribution in [0.25, 0.3) is 0 Å². The second kappa shape index (κ2) is 10.6. The van der Waals surface area contributed by atoms with E-state index in [4.69, 9.17) is 9.47 Å². The Kier molecular flexibility index (Phi) is 7.72. The minimum atomic E-state index is -0.532. The van der Waals surface area contributed by atoms with Crippen molar-refractivity contribution < 1.29 is 18.7 Å². The lowest BCUT2D eigenvalue weighted by atomic mass is 9.97. The van der Waals surface area contributed by atoms with Crippen LogP contribution in [-0.2, 0) is 4.74 Å². The molecule has 1 amide bonds. The fraction of sp³-hybridized carbons (Fsp3) is 0.560. The Hall–Kier alpha value is -2.26. The summed E-state index contributed by atoms with van der Waals surface area (Å²) < 4.78 is 26.0. The van der Waals surface area contributed by atoms with Crippen molar-refractivity contribution in [2.24, 2.45) is 0 Å². The number of benzene rings is 1. The van der Waals surface area contributed by atoms with Gasteiger partial charge in [-0.3, -0.25) is 4.90 Å². The highest BCUT2D eigenvalue weighted by Gasteiger charge is 2.42. The van der Waals surface area contributed by atoms with Gasteiger partial charge in [0.25, 0.3) is 0 Å². The molecule has 2 fully saturated rings. The predicted molar refractivity (Wildman–Crippen MR) is 130 cm³/mol. The van der Waals surface area contributed by atoms with Crippen LogP contribution in [0.5, 0.6) is 6.01 Å². The average Bonchev–Trinajstić information content (AvgIpc) is 3.18. The van der Waals surface area contributed by atoms with Crippen molar-refractivity contribution in [3.8, 4) is 6.01 Å². The first kappa shape index (κ1) is 24.9. The number of nitrogens with one attached hydrogen (secondary N) is 1. The number of likely N-dealkylation sites (tertiary alicyclic amines) is 1. The van der Waals surface area contributed by atoms with E-state index >= 15 is 0 Å². The minimum Gasteiger partial charge on any atom is -0.458 e. The SMILES string of the molecule is CC(C)(C)OC(=O)N[C@@H]1CCCN(C2CC(c3ccc(F)cc3)CC2Oc2ncc(Br)cn2)C1. The molecule has 1 saturated heterocycles. The summed E-state index contributed by atoms with van der Waals surface area (Å²) in [6, 6.07) is 7.23. The van der Waals surface area contributed by atoms with E-state index in [1.165, 1.54) is 12.1 Å². The van der Waals surface area contributed by atoms with Crippen molar-refractivity contribution in [2.75, 3.05) is 13.1 Å². The number of piperidine rings is 1. The number of carbonyl (C=O) groups is 1. The van der Waals surface area contributed by atoms with Crippen molar-refractivity contribution in [2.45, 2.75) is 76.2 Å². The number of rotatable bonds is 5. The van der Waals surface area contributed by atoms with E-state index in [2.05, 4.69) is 36.1 Å². The molecule has 1 saturated carbocycles. The molecule has 3 unspecified atom stereocenters. The maximum Gasteiger partial charge on any atom is 0.407 e. The molecule has 1 aromatic carbocycles. The van der Waals surface area contributed by atoms with Crippen LogP contribution < -0.4 is 10.1 Å². The standard InChI is InChI=1S/C25H32BrFN4O3/c1-25(2,3)34-24(32)30-20-5-4-10-31(15-20)21-11-17(16-6-8-19(27)9-7-16)12-22(21)33-23-28-13-18(26)14-29-23/h6-9,13-14,17,20-22H,4-5,10-12,15H2,1-3H3,(H,30,32)/t17?,20-,21?,22?/m1/s1. The lowest BCUT2D eigenvalue weighted by Gasteiger charge is -2.39. The summed E-state index contributed by atoms with van der Waals surface area (Å²) in [7, 11) is 0. The second-order valence-corrected chi connectivity index (χ2v) is 11.0. The molecule has 2 aromatic rings. The monoisotopic (exact) mass is 534 g/mol. The van der Waals surface area contributed by atoms with Gasteiger partial charge in [0.2, 0.25) is 0 Å². The Bertz CT molecular complexity index is 968. The van der Waals surface area contributed by atoms with Gasteiger partial charge in [-0.1, -0.05) is 12.1 Å². The molecule has 184 valence electrons. The van der Waals surface area contributed by atoms with Crippen LogP contribution in [0.4, 0.5) is 9.18 Å². The lowest BCUT2D eigenvalue weighted by molar-refractivity contribution is 0.0377. The number of halogens is 2. The molecule has 0 radical (unpaired) electrons. The zero-order chi connectivity index (χ0) is 24.3. The van der Waals surface area contributed by atoms with Crippen LogP contribution in [-0.4, -0.2) is 57.8 Å². The molecule has 7 nitrogen and oxygen atoms in total. The molecule has 1 aliphatic heterocycles. The largest absolute Gasteiger partial charge is 0.458 e. The molecule has 1 N–H and O–H groups in total. The molecule has 2 heterocycles. The van der Waals surface area contributed by atoms with E-state index in [1.807, 2.05) is 32.9 Å². The second-order valence-electron chi connectivity index (χ2n) is 10.1. The molecule has 0 spiro atoms. The molecular weight excluding hydrogens is 503 g/mol. The van der Waals surface area contributed by atoms with E-state index < -0.39 is 5.60 Å². The first-order valence-electron chi connectivity index (χ1n) is 11.8.